The van der Waals surface area contributed by atoms with Gasteiger partial charge in [-0.1, -0.05) is 23.7 Å². The molecule has 8 nitrogen and oxygen atoms in total. The third-order valence-corrected chi connectivity index (χ3v) is 9.93. The maximum atomic E-state index is 13.5. The van der Waals surface area contributed by atoms with Gasteiger partial charge in [-0.3, -0.25) is 14.3 Å². The van der Waals surface area contributed by atoms with E-state index >= 15 is 0 Å². The van der Waals surface area contributed by atoms with Gasteiger partial charge in [0.25, 0.3) is 5.91 Å². The first-order chi connectivity index (χ1) is 17.2. The van der Waals surface area contributed by atoms with Gasteiger partial charge in [-0.05, 0) is 80.4 Å². The number of halogens is 1. The Balaban J connectivity index is 1.22. The van der Waals surface area contributed by atoms with Gasteiger partial charge in [-0.15, -0.1) is 0 Å². The summed E-state index contributed by atoms with van der Waals surface area (Å²) in [6.45, 7) is 0. The predicted molar refractivity (Wildman–Crippen MR) is 137 cm³/mol. The Morgan fingerprint density at radius 3 is 2.36 bits per heavy atom. The van der Waals surface area contributed by atoms with Gasteiger partial charge >= 0.3 is 0 Å². The number of anilines is 1. The minimum atomic E-state index is -0.379. The van der Waals surface area contributed by atoms with E-state index < -0.39 is 0 Å². The summed E-state index contributed by atoms with van der Waals surface area (Å²) in [5, 5.41) is 8.20. The van der Waals surface area contributed by atoms with Crippen LogP contribution in [0.3, 0.4) is 0 Å². The minimum Gasteiger partial charge on any atom is -0.497 e. The van der Waals surface area contributed by atoms with E-state index in [1.165, 1.54) is 5.56 Å². The van der Waals surface area contributed by atoms with Gasteiger partial charge < -0.3 is 20.7 Å². The molecule has 0 radical (unpaired) electrons. The lowest BCUT2D eigenvalue weighted by molar-refractivity contribution is -0.145. The summed E-state index contributed by atoms with van der Waals surface area (Å²) in [5.41, 5.74) is 6.71. The first-order valence-electron chi connectivity index (χ1n) is 12.9. The van der Waals surface area contributed by atoms with Crippen molar-refractivity contribution in [2.45, 2.75) is 56.5 Å². The molecule has 7 rings (SSSR count). The largest absolute Gasteiger partial charge is 0.497 e. The summed E-state index contributed by atoms with van der Waals surface area (Å²) in [4.78, 5) is 27.9. The minimum absolute atomic E-state index is 0.0369. The molecule has 0 aliphatic heterocycles. The van der Waals surface area contributed by atoms with E-state index in [2.05, 4.69) is 27.4 Å². The van der Waals surface area contributed by atoms with Crippen molar-refractivity contribution in [3.63, 3.8) is 0 Å². The van der Waals surface area contributed by atoms with Gasteiger partial charge in [0.2, 0.25) is 5.91 Å². The molecule has 1 aromatic carbocycles. The average molecular weight is 512 g/mol. The molecule has 1 heterocycles. The molecule has 2 amide bonds. The number of aromatic nitrogens is 2. The van der Waals surface area contributed by atoms with E-state index in [0.29, 0.717) is 10.9 Å². The van der Waals surface area contributed by atoms with Gasteiger partial charge in [-0.2, -0.15) is 5.10 Å². The Hall–Kier alpha value is -2.74. The van der Waals surface area contributed by atoms with Crippen LogP contribution in [0.2, 0.25) is 5.02 Å². The Kier molecular flexibility index (Phi) is 5.34. The zero-order valence-electron chi connectivity index (χ0n) is 21.1. The van der Waals surface area contributed by atoms with Gasteiger partial charge in [0.15, 0.2) is 5.69 Å². The topological polar surface area (TPSA) is 102 Å². The summed E-state index contributed by atoms with van der Waals surface area (Å²) in [6.07, 6.45) is 6.53. The number of nitrogens with zero attached hydrogens (tertiary/aromatic N) is 3. The van der Waals surface area contributed by atoms with Crippen molar-refractivity contribution in [3.8, 4) is 5.75 Å². The number of nitrogens with two attached hydrogens (primary N) is 1. The number of hydrogen-bond donors (Lipinski definition) is 2. The van der Waals surface area contributed by atoms with Crippen LogP contribution in [0, 0.1) is 23.2 Å². The molecule has 192 valence electrons. The highest BCUT2D eigenvalue weighted by atomic mass is 35.5. The second-order valence-electron chi connectivity index (χ2n) is 11.5. The first kappa shape index (κ1) is 23.6. The second kappa shape index (κ2) is 8.13. The molecule has 3 N–H and O–H groups in total. The maximum Gasteiger partial charge on any atom is 0.273 e. The van der Waals surface area contributed by atoms with Crippen molar-refractivity contribution in [2.24, 2.45) is 36.0 Å². The Labute approximate surface area is 216 Å². The van der Waals surface area contributed by atoms with Crippen LogP contribution in [0.5, 0.6) is 5.75 Å². The van der Waals surface area contributed by atoms with E-state index in [9.17, 15) is 9.59 Å². The second-order valence-corrected chi connectivity index (χ2v) is 11.9. The number of methoxy groups -OCH3 is 1. The highest BCUT2D eigenvalue weighted by molar-refractivity contribution is 6.36. The molecule has 3 unspecified atom stereocenters. The number of primary amides is 1. The quantitative estimate of drug-likeness (QED) is 0.591. The molecular formula is C27H34ClN5O3. The van der Waals surface area contributed by atoms with Gasteiger partial charge in [0.1, 0.15) is 16.6 Å². The lowest BCUT2D eigenvalue weighted by atomic mass is 9.47. The van der Waals surface area contributed by atoms with Crippen LogP contribution in [-0.2, 0) is 17.4 Å². The highest BCUT2D eigenvalue weighted by Crippen LogP contribution is 2.60. The van der Waals surface area contributed by atoms with E-state index in [0.717, 1.165) is 56.5 Å². The molecule has 9 heteroatoms. The number of carbonyl (C=O) groups excluding carboxylic acids is 2. The SMILES string of the molecule is COc1ccc(C2(N(C)c3c(Cl)c(C(=O)NC4[C@@H]5CC6C[C@H]4CC(C(N)=O)(C6)C5)nn3C)CC2)cc1. The molecule has 5 fully saturated rings. The van der Waals surface area contributed by atoms with Crippen LogP contribution in [-0.4, -0.2) is 41.8 Å². The molecule has 4 bridgehead atoms. The Bertz CT molecular complexity index is 1200. The van der Waals surface area contributed by atoms with Crippen LogP contribution in [0.25, 0.3) is 0 Å². The fourth-order valence-electron chi connectivity index (χ4n) is 7.82. The zero-order chi connectivity index (χ0) is 25.4. The third-order valence-electron chi connectivity index (χ3n) is 9.58. The molecule has 0 saturated heterocycles. The summed E-state index contributed by atoms with van der Waals surface area (Å²) < 4.78 is 7.02. The molecule has 0 spiro atoms. The molecule has 36 heavy (non-hydrogen) atoms. The van der Waals surface area contributed by atoms with Crippen LogP contribution in [0.1, 0.15) is 61.0 Å². The fraction of sp³-hybridized carbons (Fsp3) is 0.593. The van der Waals surface area contributed by atoms with Crippen molar-refractivity contribution in [1.29, 1.82) is 0 Å². The number of rotatable bonds is 7. The van der Waals surface area contributed by atoms with Crippen LogP contribution >= 0.6 is 11.6 Å². The Morgan fingerprint density at radius 2 is 1.81 bits per heavy atom. The highest BCUT2D eigenvalue weighted by Gasteiger charge is 2.58. The van der Waals surface area contributed by atoms with Crippen LogP contribution in [0.4, 0.5) is 5.82 Å². The van der Waals surface area contributed by atoms with Crippen molar-refractivity contribution < 1.29 is 14.3 Å². The molecular weight excluding hydrogens is 478 g/mol. The summed E-state index contributed by atoms with van der Waals surface area (Å²) in [5.74, 6) is 2.24. The number of hydrogen-bond acceptors (Lipinski definition) is 5. The normalized spacial score (nSPS) is 31.2. The average Bonchev–Trinajstić information content (AvgIpc) is 3.60. The van der Waals surface area contributed by atoms with Crippen molar-refractivity contribution >= 4 is 29.2 Å². The van der Waals surface area contributed by atoms with E-state index in [1.807, 2.05) is 26.2 Å². The van der Waals surface area contributed by atoms with Gasteiger partial charge in [-0.25, -0.2) is 0 Å². The molecule has 1 aromatic heterocycles. The number of benzene rings is 1. The molecule has 2 aromatic rings. The van der Waals surface area contributed by atoms with E-state index in [-0.39, 0.29) is 46.3 Å². The molecule has 5 saturated carbocycles. The standard InChI is InChI=1S/C27H34ClN5O3/c1-32(27(8-9-27)18-4-6-19(36-3)7-5-18)24-20(28)22(31-33(24)2)23(34)30-21-16-10-15-11-17(21)14-26(12-15,13-16)25(29)35/h4-7,15-17,21H,8-14H2,1-3H3,(H2,29,35)(H,30,34)/t15?,16-,17+,21?,26?. The van der Waals surface area contributed by atoms with Crippen LogP contribution < -0.4 is 20.7 Å². The molecule has 5 aliphatic carbocycles. The summed E-state index contributed by atoms with van der Waals surface area (Å²) >= 11 is 6.85. The third kappa shape index (κ3) is 3.44. The number of aryl methyl sites for hydroxylation is 1. The number of nitrogens with one attached hydrogen (secondary N) is 1. The Morgan fingerprint density at radius 1 is 1.17 bits per heavy atom. The fourth-order valence-corrected chi connectivity index (χ4v) is 8.19. The van der Waals surface area contributed by atoms with E-state index in [4.69, 9.17) is 22.1 Å². The smallest absolute Gasteiger partial charge is 0.273 e. The zero-order valence-corrected chi connectivity index (χ0v) is 21.8. The summed E-state index contributed by atoms with van der Waals surface area (Å²) in [7, 11) is 5.51. The lowest BCUT2D eigenvalue weighted by Crippen LogP contribution is -2.62. The molecule has 5 aliphatic rings. The first-order valence-corrected chi connectivity index (χ1v) is 13.3. The number of amides is 2. The summed E-state index contributed by atoms with van der Waals surface area (Å²) in [6, 6.07) is 8.16. The van der Waals surface area contributed by atoms with Crippen molar-refractivity contribution in [1.82, 2.24) is 15.1 Å². The predicted octanol–water partition coefficient (Wildman–Crippen LogP) is 3.62. The number of carbonyl (C=O) groups is 2. The van der Waals surface area contributed by atoms with Crippen LogP contribution in [0.15, 0.2) is 24.3 Å². The van der Waals surface area contributed by atoms with E-state index in [1.54, 1.807) is 11.8 Å². The van der Waals surface area contributed by atoms with Crippen molar-refractivity contribution in [3.05, 3.63) is 40.5 Å². The van der Waals surface area contributed by atoms with Gasteiger partial charge in [0.05, 0.1) is 12.6 Å². The number of ether oxygens (including phenoxy) is 1. The monoisotopic (exact) mass is 511 g/mol. The van der Waals surface area contributed by atoms with Crippen molar-refractivity contribution in [2.75, 3.05) is 19.1 Å². The maximum absolute atomic E-state index is 13.5. The molecule has 5 atom stereocenters. The lowest BCUT2D eigenvalue weighted by Gasteiger charge is -2.58. The van der Waals surface area contributed by atoms with Gasteiger partial charge in [0, 0.05) is 25.6 Å².